The van der Waals surface area contributed by atoms with Crippen LogP contribution in [0.4, 0.5) is 5.69 Å². The molecule has 0 fully saturated rings. The normalized spacial score (nSPS) is 10.9. The Balaban J connectivity index is 1.51. The molecule has 0 radical (unpaired) electrons. The zero-order valence-electron chi connectivity index (χ0n) is 13.6. The molecule has 0 unspecified atom stereocenters. The highest BCUT2D eigenvalue weighted by Gasteiger charge is 2.11. The molecule has 4 rings (SSSR count). The first-order chi connectivity index (χ1) is 12.3. The largest absolute Gasteiger partial charge is 0.361 e. The van der Waals surface area contributed by atoms with Gasteiger partial charge in [-0.25, -0.2) is 0 Å². The predicted octanol–water partition coefficient (Wildman–Crippen LogP) is 3.59. The molecular weight excluding hydrogens is 312 g/mol. The number of nitrogens with one attached hydrogen (secondary N) is 2. The minimum Gasteiger partial charge on any atom is -0.361 e. The van der Waals surface area contributed by atoms with Gasteiger partial charge in [-0.15, -0.1) is 0 Å². The molecule has 2 heterocycles. The van der Waals surface area contributed by atoms with Gasteiger partial charge in [0.25, 0.3) is 0 Å². The second kappa shape index (κ2) is 6.65. The van der Waals surface area contributed by atoms with Crippen LogP contribution in [0, 0.1) is 0 Å². The summed E-state index contributed by atoms with van der Waals surface area (Å²) in [5.41, 5.74) is 3.89. The zero-order valence-corrected chi connectivity index (χ0v) is 13.6. The lowest BCUT2D eigenvalue weighted by Gasteiger charge is -2.11. The molecule has 5 heteroatoms. The van der Waals surface area contributed by atoms with E-state index in [9.17, 15) is 4.79 Å². The third kappa shape index (κ3) is 3.30. The van der Waals surface area contributed by atoms with Crippen molar-refractivity contribution in [3.63, 3.8) is 0 Å². The molecule has 2 aromatic carbocycles. The fourth-order valence-electron chi connectivity index (χ4n) is 2.99. The van der Waals surface area contributed by atoms with E-state index in [1.54, 1.807) is 6.20 Å². The number of fused-ring (bicyclic) bond motifs is 1. The number of para-hydroxylation sites is 2. The summed E-state index contributed by atoms with van der Waals surface area (Å²) in [5.74, 6) is -0.0299. The van der Waals surface area contributed by atoms with Crippen molar-refractivity contribution in [1.29, 1.82) is 0 Å². The average Bonchev–Trinajstić information content (AvgIpc) is 3.27. The lowest BCUT2D eigenvalue weighted by Crippen LogP contribution is -2.16. The maximum Gasteiger partial charge on any atom is 0.228 e. The highest BCUT2D eigenvalue weighted by molar-refractivity contribution is 5.96. The zero-order chi connectivity index (χ0) is 17.1. The SMILES string of the molecule is O=C(Cc1c[nH]c2ccccc12)Nc1ccccc1Cn1cccn1. The van der Waals surface area contributed by atoms with Crippen molar-refractivity contribution >= 4 is 22.5 Å². The van der Waals surface area contributed by atoms with Crippen LogP contribution in [0.2, 0.25) is 0 Å². The number of nitrogens with zero attached hydrogens (tertiary/aromatic N) is 2. The molecule has 25 heavy (non-hydrogen) atoms. The van der Waals surface area contributed by atoms with Crippen LogP contribution in [0.15, 0.2) is 73.2 Å². The van der Waals surface area contributed by atoms with Crippen LogP contribution < -0.4 is 5.32 Å². The predicted molar refractivity (Wildman–Crippen MR) is 98.4 cm³/mol. The van der Waals surface area contributed by atoms with Crippen LogP contribution in [-0.2, 0) is 17.8 Å². The first kappa shape index (κ1) is 15.2. The van der Waals surface area contributed by atoms with Gasteiger partial charge in [-0.2, -0.15) is 5.10 Å². The van der Waals surface area contributed by atoms with Crippen LogP contribution in [0.1, 0.15) is 11.1 Å². The quantitative estimate of drug-likeness (QED) is 0.587. The summed E-state index contributed by atoms with van der Waals surface area (Å²) in [6, 6.07) is 17.7. The summed E-state index contributed by atoms with van der Waals surface area (Å²) >= 11 is 0. The lowest BCUT2D eigenvalue weighted by molar-refractivity contribution is -0.115. The maximum absolute atomic E-state index is 12.5. The summed E-state index contributed by atoms with van der Waals surface area (Å²) < 4.78 is 1.84. The van der Waals surface area contributed by atoms with Crippen LogP contribution in [0.25, 0.3) is 10.9 Å². The Kier molecular flexibility index (Phi) is 4.04. The van der Waals surface area contributed by atoms with E-state index in [1.165, 1.54) is 0 Å². The maximum atomic E-state index is 12.5. The molecule has 0 saturated heterocycles. The topological polar surface area (TPSA) is 62.7 Å². The standard InChI is InChI=1S/C20H18N4O/c25-20(12-16-13-21-19-9-4-2-7-17(16)19)23-18-8-3-1-6-15(18)14-24-11-5-10-22-24/h1-11,13,21H,12,14H2,(H,23,25). The van der Waals surface area contributed by atoms with Crippen molar-refractivity contribution in [2.24, 2.45) is 0 Å². The van der Waals surface area contributed by atoms with Gasteiger partial charge in [0.2, 0.25) is 5.91 Å². The van der Waals surface area contributed by atoms with Gasteiger partial charge in [0, 0.05) is 35.2 Å². The Morgan fingerprint density at radius 3 is 2.76 bits per heavy atom. The third-order valence-electron chi connectivity index (χ3n) is 4.21. The number of hydrogen-bond donors (Lipinski definition) is 2. The molecule has 2 N–H and O–H groups in total. The molecule has 0 aliphatic carbocycles. The molecule has 1 amide bonds. The van der Waals surface area contributed by atoms with Gasteiger partial charge < -0.3 is 10.3 Å². The van der Waals surface area contributed by atoms with Crippen LogP contribution in [-0.4, -0.2) is 20.7 Å². The second-order valence-corrected chi connectivity index (χ2v) is 5.95. The van der Waals surface area contributed by atoms with Crippen molar-refractivity contribution in [2.45, 2.75) is 13.0 Å². The number of benzene rings is 2. The Labute approximate surface area is 145 Å². The molecule has 0 atom stereocenters. The highest BCUT2D eigenvalue weighted by Crippen LogP contribution is 2.20. The van der Waals surface area contributed by atoms with E-state index < -0.39 is 0 Å². The van der Waals surface area contributed by atoms with E-state index in [0.717, 1.165) is 27.7 Å². The molecule has 0 bridgehead atoms. The molecule has 2 aromatic heterocycles. The number of anilines is 1. The van der Waals surface area contributed by atoms with E-state index in [1.807, 2.05) is 71.7 Å². The summed E-state index contributed by atoms with van der Waals surface area (Å²) in [6.45, 7) is 0.622. The van der Waals surface area contributed by atoms with Crippen molar-refractivity contribution in [1.82, 2.24) is 14.8 Å². The average molecular weight is 330 g/mol. The smallest absolute Gasteiger partial charge is 0.228 e. The Morgan fingerprint density at radius 2 is 1.88 bits per heavy atom. The number of carbonyl (C=O) groups is 1. The monoisotopic (exact) mass is 330 g/mol. The molecular formula is C20H18N4O. The fourth-order valence-corrected chi connectivity index (χ4v) is 2.99. The Morgan fingerprint density at radius 1 is 1.04 bits per heavy atom. The van der Waals surface area contributed by atoms with E-state index >= 15 is 0 Å². The summed E-state index contributed by atoms with van der Waals surface area (Å²) in [6.07, 6.45) is 5.89. The Hall–Kier alpha value is -3.34. The second-order valence-electron chi connectivity index (χ2n) is 5.95. The van der Waals surface area contributed by atoms with E-state index in [0.29, 0.717) is 13.0 Å². The number of H-pyrrole nitrogens is 1. The van der Waals surface area contributed by atoms with Crippen LogP contribution in [0.5, 0.6) is 0 Å². The number of carbonyl (C=O) groups excluding carboxylic acids is 1. The van der Waals surface area contributed by atoms with Crippen molar-refractivity contribution in [3.8, 4) is 0 Å². The number of aromatic amines is 1. The Bertz CT molecular complexity index is 1000. The highest BCUT2D eigenvalue weighted by atomic mass is 16.1. The molecule has 0 aliphatic rings. The van der Waals surface area contributed by atoms with Gasteiger partial charge in [-0.1, -0.05) is 36.4 Å². The fraction of sp³-hybridized carbons (Fsp3) is 0.100. The summed E-state index contributed by atoms with van der Waals surface area (Å²) in [5, 5.41) is 8.34. The van der Waals surface area contributed by atoms with Crippen LogP contribution >= 0.6 is 0 Å². The number of rotatable bonds is 5. The molecule has 0 aliphatic heterocycles. The molecule has 124 valence electrons. The minimum atomic E-state index is -0.0299. The van der Waals surface area contributed by atoms with Crippen LogP contribution in [0.3, 0.4) is 0 Å². The van der Waals surface area contributed by atoms with Gasteiger partial charge in [-0.3, -0.25) is 9.48 Å². The van der Waals surface area contributed by atoms with Gasteiger partial charge in [0.05, 0.1) is 13.0 Å². The van der Waals surface area contributed by atoms with Gasteiger partial charge >= 0.3 is 0 Å². The first-order valence-corrected chi connectivity index (χ1v) is 8.20. The first-order valence-electron chi connectivity index (χ1n) is 8.20. The third-order valence-corrected chi connectivity index (χ3v) is 4.21. The van der Waals surface area contributed by atoms with Crippen molar-refractivity contribution in [3.05, 3.63) is 84.3 Å². The van der Waals surface area contributed by atoms with E-state index in [2.05, 4.69) is 15.4 Å². The number of hydrogen-bond acceptors (Lipinski definition) is 2. The van der Waals surface area contributed by atoms with E-state index in [4.69, 9.17) is 0 Å². The molecule has 0 saturated carbocycles. The molecule has 5 nitrogen and oxygen atoms in total. The number of amides is 1. The van der Waals surface area contributed by atoms with Gasteiger partial charge in [0.15, 0.2) is 0 Å². The minimum absolute atomic E-state index is 0.0299. The summed E-state index contributed by atoms with van der Waals surface area (Å²) in [4.78, 5) is 15.7. The van der Waals surface area contributed by atoms with Crippen molar-refractivity contribution in [2.75, 3.05) is 5.32 Å². The molecule has 4 aromatic rings. The van der Waals surface area contributed by atoms with Gasteiger partial charge in [0.1, 0.15) is 0 Å². The van der Waals surface area contributed by atoms with E-state index in [-0.39, 0.29) is 5.91 Å². The van der Waals surface area contributed by atoms with Crippen molar-refractivity contribution < 1.29 is 4.79 Å². The summed E-state index contributed by atoms with van der Waals surface area (Å²) in [7, 11) is 0. The molecule has 0 spiro atoms. The van der Waals surface area contributed by atoms with Gasteiger partial charge in [-0.05, 0) is 29.3 Å². The number of aromatic nitrogens is 3. The lowest BCUT2D eigenvalue weighted by atomic mass is 10.1.